The summed E-state index contributed by atoms with van der Waals surface area (Å²) in [6.45, 7) is 0.847. The topological polar surface area (TPSA) is 81.6 Å². The molecule has 0 heterocycles. The minimum absolute atomic E-state index is 0.278. The maximum atomic E-state index is 11.0. The maximum absolute atomic E-state index is 11.0. The number of halogens is 1. The third-order valence-corrected chi connectivity index (χ3v) is 3.92. The van der Waals surface area contributed by atoms with Crippen LogP contribution in [0.25, 0.3) is 0 Å². The zero-order valence-electron chi connectivity index (χ0n) is 13.2. The van der Waals surface area contributed by atoms with Crippen molar-refractivity contribution < 1.29 is 15.0 Å². The fraction of sp³-hybridized carbons (Fsp3) is 0.278. The lowest BCUT2D eigenvalue weighted by atomic mass is 10.0. The first-order valence-corrected chi connectivity index (χ1v) is 8.09. The Morgan fingerprint density at radius 2 is 1.71 bits per heavy atom. The Morgan fingerprint density at radius 1 is 1.04 bits per heavy atom. The molecule has 6 heteroatoms. The van der Waals surface area contributed by atoms with Gasteiger partial charge in [0.05, 0.1) is 12.1 Å². The molecule has 0 fully saturated rings. The van der Waals surface area contributed by atoms with Crippen molar-refractivity contribution in [2.24, 2.45) is 0 Å². The summed E-state index contributed by atoms with van der Waals surface area (Å²) in [5, 5.41) is 25.5. The summed E-state index contributed by atoms with van der Waals surface area (Å²) in [6, 6.07) is 16.3. The molecule has 0 aromatic heterocycles. The molecule has 0 spiro atoms. The summed E-state index contributed by atoms with van der Waals surface area (Å²) in [4.78, 5) is 11.0. The van der Waals surface area contributed by atoms with Crippen LogP contribution in [-0.2, 0) is 13.0 Å². The van der Waals surface area contributed by atoms with E-state index in [1.807, 2.05) is 42.5 Å². The molecule has 128 valence electrons. The van der Waals surface area contributed by atoms with E-state index in [4.69, 9.17) is 16.7 Å². The second-order valence-electron chi connectivity index (χ2n) is 5.57. The van der Waals surface area contributed by atoms with Crippen LogP contribution in [0.2, 0.25) is 5.02 Å². The molecule has 2 aromatic carbocycles. The summed E-state index contributed by atoms with van der Waals surface area (Å²) in [5.74, 6) is 0. The monoisotopic (exact) mass is 348 g/mol. The third-order valence-electron chi connectivity index (χ3n) is 3.67. The van der Waals surface area contributed by atoms with Crippen LogP contribution in [0.3, 0.4) is 0 Å². The van der Waals surface area contributed by atoms with Crippen molar-refractivity contribution in [1.82, 2.24) is 10.6 Å². The van der Waals surface area contributed by atoms with E-state index in [0.717, 1.165) is 11.1 Å². The summed E-state index contributed by atoms with van der Waals surface area (Å²) < 4.78 is 0. The van der Waals surface area contributed by atoms with E-state index in [0.29, 0.717) is 18.0 Å². The van der Waals surface area contributed by atoms with Gasteiger partial charge in [0.1, 0.15) is 0 Å². The van der Waals surface area contributed by atoms with E-state index < -0.39 is 18.2 Å². The Hall–Kier alpha value is -2.08. The predicted octanol–water partition coefficient (Wildman–Crippen LogP) is 2.67. The standard InChI is InChI=1S/C18H21ClN2O3/c19-15-8-6-14(7-9-15)11-20-12-17(22)16(21-18(23)24)10-13-4-2-1-3-5-13/h1-9,16-17,20-22H,10-12H2,(H,23,24)/t16-,17+/m0/s1. The Bertz CT molecular complexity index is 634. The lowest BCUT2D eigenvalue weighted by molar-refractivity contribution is 0.117. The van der Waals surface area contributed by atoms with Crippen molar-refractivity contribution in [3.8, 4) is 0 Å². The smallest absolute Gasteiger partial charge is 0.404 e. The van der Waals surface area contributed by atoms with Crippen molar-refractivity contribution in [2.45, 2.75) is 25.1 Å². The summed E-state index contributed by atoms with van der Waals surface area (Å²) in [7, 11) is 0. The largest absolute Gasteiger partial charge is 0.465 e. The number of aliphatic hydroxyl groups excluding tert-OH is 1. The van der Waals surface area contributed by atoms with Crippen molar-refractivity contribution in [1.29, 1.82) is 0 Å². The average molecular weight is 349 g/mol. The van der Waals surface area contributed by atoms with Crippen molar-refractivity contribution in [3.05, 3.63) is 70.7 Å². The molecule has 0 saturated carbocycles. The molecule has 1 amide bonds. The van der Waals surface area contributed by atoms with E-state index in [2.05, 4.69) is 10.6 Å². The molecule has 0 unspecified atom stereocenters. The van der Waals surface area contributed by atoms with Gasteiger partial charge in [0.15, 0.2) is 0 Å². The number of carbonyl (C=O) groups is 1. The molecule has 2 aromatic rings. The number of aliphatic hydroxyl groups is 1. The van der Waals surface area contributed by atoms with Gasteiger partial charge in [-0.3, -0.25) is 0 Å². The Balaban J connectivity index is 1.88. The zero-order valence-corrected chi connectivity index (χ0v) is 13.9. The van der Waals surface area contributed by atoms with E-state index in [1.165, 1.54) is 0 Å². The van der Waals surface area contributed by atoms with Gasteiger partial charge in [0, 0.05) is 18.1 Å². The number of benzene rings is 2. The molecular weight excluding hydrogens is 328 g/mol. The lowest BCUT2D eigenvalue weighted by Gasteiger charge is -2.23. The van der Waals surface area contributed by atoms with Crippen LogP contribution in [0.4, 0.5) is 4.79 Å². The molecule has 2 rings (SSSR count). The Labute approximate surface area is 146 Å². The minimum Gasteiger partial charge on any atom is -0.465 e. The van der Waals surface area contributed by atoms with E-state index >= 15 is 0 Å². The molecule has 0 bridgehead atoms. The van der Waals surface area contributed by atoms with Crippen LogP contribution in [0.1, 0.15) is 11.1 Å². The quantitative estimate of drug-likeness (QED) is 0.591. The Morgan fingerprint density at radius 3 is 2.33 bits per heavy atom. The number of hydrogen-bond acceptors (Lipinski definition) is 3. The minimum atomic E-state index is -1.15. The molecule has 0 aliphatic heterocycles. The Kier molecular flexibility index (Phi) is 7.06. The van der Waals surface area contributed by atoms with Crippen molar-refractivity contribution in [2.75, 3.05) is 6.54 Å². The van der Waals surface area contributed by atoms with Crippen LogP contribution in [0, 0.1) is 0 Å². The third kappa shape index (κ3) is 6.20. The first-order chi connectivity index (χ1) is 11.5. The second kappa shape index (κ2) is 9.27. The van der Waals surface area contributed by atoms with E-state index in [9.17, 15) is 9.90 Å². The number of amides is 1. The first-order valence-electron chi connectivity index (χ1n) is 7.71. The highest BCUT2D eigenvalue weighted by atomic mass is 35.5. The van der Waals surface area contributed by atoms with Gasteiger partial charge in [-0.25, -0.2) is 4.79 Å². The average Bonchev–Trinajstić information content (AvgIpc) is 2.56. The van der Waals surface area contributed by atoms with Gasteiger partial charge >= 0.3 is 6.09 Å². The molecule has 2 atom stereocenters. The first kappa shape index (κ1) is 18.3. The molecule has 4 N–H and O–H groups in total. The van der Waals surface area contributed by atoms with Crippen LogP contribution in [-0.4, -0.2) is 35.0 Å². The second-order valence-corrected chi connectivity index (χ2v) is 6.01. The number of rotatable bonds is 8. The van der Waals surface area contributed by atoms with E-state index in [-0.39, 0.29) is 6.54 Å². The molecule has 0 aliphatic rings. The van der Waals surface area contributed by atoms with Crippen LogP contribution < -0.4 is 10.6 Å². The maximum Gasteiger partial charge on any atom is 0.404 e. The van der Waals surface area contributed by atoms with Gasteiger partial charge in [-0.1, -0.05) is 54.1 Å². The van der Waals surface area contributed by atoms with Gasteiger partial charge in [-0.15, -0.1) is 0 Å². The lowest BCUT2D eigenvalue weighted by Crippen LogP contribution is -2.48. The van der Waals surface area contributed by atoms with Gasteiger partial charge in [0.25, 0.3) is 0 Å². The molecule has 0 radical (unpaired) electrons. The molecule has 0 aliphatic carbocycles. The summed E-state index contributed by atoms with van der Waals surface area (Å²) in [5.41, 5.74) is 2.01. The predicted molar refractivity (Wildman–Crippen MR) is 94.3 cm³/mol. The normalized spacial score (nSPS) is 13.2. The van der Waals surface area contributed by atoms with Crippen LogP contribution in [0.5, 0.6) is 0 Å². The fourth-order valence-corrected chi connectivity index (χ4v) is 2.54. The van der Waals surface area contributed by atoms with Gasteiger partial charge in [0.2, 0.25) is 0 Å². The highest BCUT2D eigenvalue weighted by Crippen LogP contribution is 2.10. The van der Waals surface area contributed by atoms with Crippen LogP contribution in [0.15, 0.2) is 54.6 Å². The SMILES string of the molecule is O=C(O)N[C@@H](Cc1ccccc1)[C@H](O)CNCc1ccc(Cl)cc1. The molecule has 5 nitrogen and oxygen atoms in total. The number of hydrogen-bond donors (Lipinski definition) is 4. The highest BCUT2D eigenvalue weighted by Gasteiger charge is 2.21. The van der Waals surface area contributed by atoms with Crippen molar-refractivity contribution in [3.63, 3.8) is 0 Å². The van der Waals surface area contributed by atoms with Gasteiger partial charge in [-0.05, 0) is 29.7 Å². The van der Waals surface area contributed by atoms with Gasteiger partial charge in [-0.2, -0.15) is 0 Å². The molecule has 0 saturated heterocycles. The van der Waals surface area contributed by atoms with Crippen molar-refractivity contribution >= 4 is 17.7 Å². The van der Waals surface area contributed by atoms with Gasteiger partial charge < -0.3 is 20.8 Å². The fourth-order valence-electron chi connectivity index (χ4n) is 2.42. The molecular formula is C18H21ClN2O3. The van der Waals surface area contributed by atoms with E-state index in [1.54, 1.807) is 12.1 Å². The zero-order chi connectivity index (χ0) is 17.4. The summed E-state index contributed by atoms with van der Waals surface area (Å²) in [6.07, 6.45) is -1.56. The summed E-state index contributed by atoms with van der Waals surface area (Å²) >= 11 is 5.84. The highest BCUT2D eigenvalue weighted by molar-refractivity contribution is 6.30. The number of carboxylic acid groups (broad SMARTS) is 1. The van der Waals surface area contributed by atoms with Crippen LogP contribution >= 0.6 is 11.6 Å². The number of nitrogens with one attached hydrogen (secondary N) is 2. The molecule has 24 heavy (non-hydrogen) atoms.